The van der Waals surface area contributed by atoms with Crippen LogP contribution in [0.4, 0.5) is 0 Å². The lowest BCUT2D eigenvalue weighted by molar-refractivity contribution is 0.0978. The fourth-order valence-corrected chi connectivity index (χ4v) is 3.99. The van der Waals surface area contributed by atoms with E-state index in [1.807, 2.05) is 16.9 Å². The largest absolute Gasteiger partial charge is 0.350 e. The molecule has 0 fully saturated rings. The molecule has 1 amide bonds. The molecule has 7 nitrogen and oxygen atoms in total. The molecular weight excluding hydrogens is 354 g/mol. The maximum absolute atomic E-state index is 12.6. The number of nitrogens with one attached hydrogen (secondary N) is 3. The summed E-state index contributed by atoms with van der Waals surface area (Å²) in [5.74, 6) is -0.790. The summed E-state index contributed by atoms with van der Waals surface area (Å²) in [5, 5.41) is 0.737. The fraction of sp³-hybridized carbons (Fsp3) is 0.222. The number of aryl methyl sites for hydroxylation is 2. The van der Waals surface area contributed by atoms with Crippen LogP contribution in [0.2, 0.25) is 0 Å². The van der Waals surface area contributed by atoms with Crippen LogP contribution in [0.25, 0.3) is 22.0 Å². The van der Waals surface area contributed by atoms with Crippen LogP contribution in [0.15, 0.2) is 35.3 Å². The first-order chi connectivity index (χ1) is 12.3. The third kappa shape index (κ3) is 2.82. The fourth-order valence-electron chi connectivity index (χ4n) is 3.55. The molecule has 1 aliphatic rings. The molecule has 1 aliphatic carbocycles. The van der Waals surface area contributed by atoms with Crippen molar-refractivity contribution in [1.29, 1.82) is 0 Å². The molecule has 0 aliphatic heterocycles. The van der Waals surface area contributed by atoms with Crippen LogP contribution in [0, 0.1) is 0 Å². The van der Waals surface area contributed by atoms with E-state index in [9.17, 15) is 18.0 Å². The van der Waals surface area contributed by atoms with E-state index < -0.39 is 15.9 Å². The molecule has 0 unspecified atom stereocenters. The molecule has 0 atom stereocenters. The van der Waals surface area contributed by atoms with Gasteiger partial charge in [-0.25, -0.2) is 13.1 Å². The Morgan fingerprint density at radius 3 is 2.62 bits per heavy atom. The van der Waals surface area contributed by atoms with Crippen LogP contribution in [0.1, 0.15) is 28.0 Å². The molecule has 8 heteroatoms. The molecule has 0 saturated carbocycles. The predicted octanol–water partition coefficient (Wildman–Crippen LogP) is 1.70. The Morgan fingerprint density at radius 1 is 1.19 bits per heavy atom. The number of carbonyl (C=O) groups is 1. The molecule has 3 aromatic rings. The second-order valence-corrected chi connectivity index (χ2v) is 8.26. The van der Waals surface area contributed by atoms with Crippen molar-refractivity contribution in [3.05, 3.63) is 57.6 Å². The van der Waals surface area contributed by atoms with Crippen molar-refractivity contribution in [1.82, 2.24) is 14.7 Å². The number of pyridine rings is 1. The number of benzene rings is 1. The number of aromatic amines is 2. The number of carbonyl (C=O) groups excluding carboxylic acids is 1. The Bertz CT molecular complexity index is 1200. The highest BCUT2D eigenvalue weighted by atomic mass is 32.2. The van der Waals surface area contributed by atoms with Gasteiger partial charge < -0.3 is 9.97 Å². The van der Waals surface area contributed by atoms with E-state index >= 15 is 0 Å². The summed E-state index contributed by atoms with van der Waals surface area (Å²) in [7, 11) is -3.73. The third-order valence-corrected chi connectivity index (χ3v) is 5.16. The topological polar surface area (TPSA) is 112 Å². The molecule has 2 aromatic heterocycles. The molecular formula is C18H17N3O4S. The highest BCUT2D eigenvalue weighted by molar-refractivity contribution is 7.89. The standard InChI is InChI=1S/C18H17N3O4S/c1-26(24,25)21-18(23)16-15(12-6-3-7-19-17(12)22)13-8-10-4-2-5-11(10)9-14(13)20-16/h3,6-9,20H,2,4-5H2,1H3,(H,19,22)(H,21,23). The minimum atomic E-state index is -3.73. The van der Waals surface area contributed by atoms with Crippen LogP contribution < -0.4 is 10.3 Å². The lowest BCUT2D eigenvalue weighted by atomic mass is 10.00. The zero-order chi connectivity index (χ0) is 18.5. The number of sulfonamides is 1. The van der Waals surface area contributed by atoms with Gasteiger partial charge in [-0.2, -0.15) is 0 Å². The number of aromatic nitrogens is 2. The molecule has 0 spiro atoms. The van der Waals surface area contributed by atoms with Gasteiger partial charge in [0.15, 0.2) is 0 Å². The molecule has 2 heterocycles. The van der Waals surface area contributed by atoms with Crippen molar-refractivity contribution in [2.45, 2.75) is 19.3 Å². The SMILES string of the molecule is CS(=O)(=O)NC(=O)c1[nH]c2cc3c(cc2c1-c1ccc[nH]c1=O)CCC3. The maximum atomic E-state index is 12.6. The molecule has 0 bridgehead atoms. The lowest BCUT2D eigenvalue weighted by Gasteiger charge is -2.05. The summed E-state index contributed by atoms with van der Waals surface area (Å²) in [5.41, 5.74) is 3.56. The van der Waals surface area contributed by atoms with Crippen LogP contribution in [-0.4, -0.2) is 30.5 Å². The number of fused-ring (bicyclic) bond motifs is 2. The maximum Gasteiger partial charge on any atom is 0.281 e. The molecule has 0 saturated heterocycles. The second kappa shape index (κ2) is 5.84. The molecule has 0 radical (unpaired) electrons. The number of rotatable bonds is 3. The monoisotopic (exact) mass is 371 g/mol. The number of H-pyrrole nitrogens is 2. The zero-order valence-electron chi connectivity index (χ0n) is 14.0. The molecule has 1 aromatic carbocycles. The predicted molar refractivity (Wildman–Crippen MR) is 98.7 cm³/mol. The smallest absolute Gasteiger partial charge is 0.281 e. The first-order valence-corrected chi connectivity index (χ1v) is 10.1. The van der Waals surface area contributed by atoms with Crippen molar-refractivity contribution in [3.8, 4) is 11.1 Å². The van der Waals surface area contributed by atoms with E-state index in [1.54, 1.807) is 12.1 Å². The van der Waals surface area contributed by atoms with Gasteiger partial charge in [-0.15, -0.1) is 0 Å². The van der Waals surface area contributed by atoms with Crippen molar-refractivity contribution < 1.29 is 13.2 Å². The first kappa shape index (κ1) is 16.6. The molecule has 4 rings (SSSR count). The highest BCUT2D eigenvalue weighted by Crippen LogP contribution is 2.35. The summed E-state index contributed by atoms with van der Waals surface area (Å²) in [6.07, 6.45) is 5.42. The van der Waals surface area contributed by atoms with Gasteiger partial charge in [-0.1, -0.05) is 0 Å². The Morgan fingerprint density at radius 2 is 1.92 bits per heavy atom. The van der Waals surface area contributed by atoms with E-state index in [-0.39, 0.29) is 11.3 Å². The summed E-state index contributed by atoms with van der Waals surface area (Å²) < 4.78 is 25.0. The molecule has 134 valence electrons. The van der Waals surface area contributed by atoms with Crippen LogP contribution in [0.3, 0.4) is 0 Å². The quantitative estimate of drug-likeness (QED) is 0.650. The van der Waals surface area contributed by atoms with Gasteiger partial charge in [-0.05, 0) is 54.7 Å². The zero-order valence-corrected chi connectivity index (χ0v) is 14.9. The highest BCUT2D eigenvalue weighted by Gasteiger charge is 2.24. The van der Waals surface area contributed by atoms with Gasteiger partial charge in [0.1, 0.15) is 5.69 Å². The Labute approximate surface area is 149 Å². The van der Waals surface area contributed by atoms with E-state index in [0.717, 1.165) is 30.9 Å². The normalized spacial score (nSPS) is 13.7. The Kier molecular flexibility index (Phi) is 3.73. The van der Waals surface area contributed by atoms with Crippen molar-refractivity contribution in [2.24, 2.45) is 0 Å². The second-order valence-electron chi connectivity index (χ2n) is 6.51. The third-order valence-electron chi connectivity index (χ3n) is 4.60. The summed E-state index contributed by atoms with van der Waals surface area (Å²) >= 11 is 0. The van der Waals surface area contributed by atoms with E-state index in [2.05, 4.69) is 9.97 Å². The molecule has 3 N–H and O–H groups in total. The van der Waals surface area contributed by atoms with Crippen LogP contribution in [0.5, 0.6) is 0 Å². The van der Waals surface area contributed by atoms with Gasteiger partial charge in [0.25, 0.3) is 11.5 Å². The van der Waals surface area contributed by atoms with Crippen LogP contribution in [-0.2, 0) is 22.9 Å². The summed E-state index contributed by atoms with van der Waals surface area (Å²) in [4.78, 5) is 30.5. The minimum Gasteiger partial charge on any atom is -0.350 e. The lowest BCUT2D eigenvalue weighted by Crippen LogP contribution is -2.30. The van der Waals surface area contributed by atoms with Crippen molar-refractivity contribution in [2.75, 3.05) is 6.26 Å². The van der Waals surface area contributed by atoms with Gasteiger partial charge in [-0.3, -0.25) is 9.59 Å². The Balaban J connectivity index is 2.02. The average Bonchev–Trinajstić information content (AvgIpc) is 3.15. The minimum absolute atomic E-state index is 0.0609. The Hall–Kier alpha value is -2.87. The van der Waals surface area contributed by atoms with Crippen molar-refractivity contribution >= 4 is 26.8 Å². The van der Waals surface area contributed by atoms with Crippen molar-refractivity contribution in [3.63, 3.8) is 0 Å². The van der Waals surface area contributed by atoms with Gasteiger partial charge in [0, 0.05) is 28.2 Å². The van der Waals surface area contributed by atoms with Gasteiger partial charge >= 0.3 is 0 Å². The summed E-state index contributed by atoms with van der Waals surface area (Å²) in [6, 6.07) is 7.26. The number of hydrogen-bond acceptors (Lipinski definition) is 4. The van der Waals surface area contributed by atoms with Gasteiger partial charge in [0.2, 0.25) is 10.0 Å². The van der Waals surface area contributed by atoms with Crippen LogP contribution >= 0.6 is 0 Å². The summed E-state index contributed by atoms with van der Waals surface area (Å²) in [6.45, 7) is 0. The van der Waals surface area contributed by atoms with E-state index in [1.165, 1.54) is 17.3 Å². The van der Waals surface area contributed by atoms with Gasteiger partial charge in [0.05, 0.1) is 6.26 Å². The average molecular weight is 371 g/mol. The first-order valence-electron chi connectivity index (χ1n) is 8.21. The van der Waals surface area contributed by atoms with E-state index in [4.69, 9.17) is 0 Å². The molecule has 26 heavy (non-hydrogen) atoms. The number of amides is 1. The number of hydrogen-bond donors (Lipinski definition) is 3. The van der Waals surface area contributed by atoms with E-state index in [0.29, 0.717) is 16.6 Å².